The Morgan fingerprint density at radius 1 is 1.00 bits per heavy atom. The summed E-state index contributed by atoms with van der Waals surface area (Å²) in [5.41, 5.74) is 1.68. The van der Waals surface area contributed by atoms with Crippen molar-refractivity contribution in [3.05, 3.63) is 90.1 Å². The molecule has 0 unspecified atom stereocenters. The van der Waals surface area contributed by atoms with Gasteiger partial charge in [-0.1, -0.05) is 12.1 Å². The van der Waals surface area contributed by atoms with Crippen LogP contribution in [0, 0.1) is 7.14 Å². The van der Waals surface area contributed by atoms with Crippen LogP contribution < -0.4 is 19.7 Å². The SMILES string of the molecule is COc1ccc(N2C(=O)NC(=O)/C(=C\c3cc(I)c(OCc4ccc(C(=O)O)cc4)c(I)c3)C2=O)cc1. The summed E-state index contributed by atoms with van der Waals surface area (Å²) < 4.78 is 12.6. The molecule has 4 amide bonds. The van der Waals surface area contributed by atoms with Crippen LogP contribution in [0.3, 0.4) is 0 Å². The van der Waals surface area contributed by atoms with Crippen LogP contribution in [0.5, 0.6) is 11.5 Å². The smallest absolute Gasteiger partial charge is 0.335 e. The van der Waals surface area contributed by atoms with E-state index in [1.807, 2.05) is 0 Å². The van der Waals surface area contributed by atoms with Crippen molar-refractivity contribution in [3.63, 3.8) is 0 Å². The van der Waals surface area contributed by atoms with E-state index in [1.54, 1.807) is 48.5 Å². The molecule has 0 saturated carbocycles. The Kier molecular flexibility index (Phi) is 8.12. The number of benzene rings is 3. The number of carboxylic acids is 1. The number of urea groups is 1. The highest BCUT2D eigenvalue weighted by Gasteiger charge is 2.36. The minimum Gasteiger partial charge on any atom is -0.497 e. The Morgan fingerprint density at radius 2 is 1.62 bits per heavy atom. The molecule has 3 aromatic carbocycles. The Morgan fingerprint density at radius 3 is 2.19 bits per heavy atom. The van der Waals surface area contributed by atoms with Crippen molar-refractivity contribution in [2.45, 2.75) is 6.61 Å². The molecule has 11 heteroatoms. The first-order chi connectivity index (χ1) is 17.7. The second kappa shape index (κ2) is 11.3. The van der Waals surface area contributed by atoms with Gasteiger partial charge >= 0.3 is 12.0 Å². The first kappa shape index (κ1) is 26.6. The molecule has 0 aromatic heterocycles. The number of rotatable bonds is 7. The van der Waals surface area contributed by atoms with Crippen LogP contribution in [0.15, 0.2) is 66.2 Å². The van der Waals surface area contributed by atoms with Gasteiger partial charge in [0.15, 0.2) is 0 Å². The fraction of sp³-hybridized carbons (Fsp3) is 0.0769. The molecule has 0 bridgehead atoms. The van der Waals surface area contributed by atoms with Crippen molar-refractivity contribution < 1.29 is 33.8 Å². The van der Waals surface area contributed by atoms with Crippen LogP contribution in [0.4, 0.5) is 10.5 Å². The number of amides is 4. The number of nitrogens with one attached hydrogen (secondary N) is 1. The van der Waals surface area contributed by atoms with Gasteiger partial charge in [-0.05, 0) is 111 Å². The van der Waals surface area contributed by atoms with Crippen LogP contribution in [-0.2, 0) is 16.2 Å². The molecule has 9 nitrogen and oxygen atoms in total. The minimum absolute atomic E-state index is 0.186. The molecule has 4 rings (SSSR count). The summed E-state index contributed by atoms with van der Waals surface area (Å²) in [5.74, 6) is -1.35. The topological polar surface area (TPSA) is 122 Å². The van der Waals surface area contributed by atoms with Gasteiger partial charge in [-0.2, -0.15) is 0 Å². The highest BCUT2D eigenvalue weighted by Crippen LogP contribution is 2.31. The van der Waals surface area contributed by atoms with E-state index in [9.17, 15) is 19.2 Å². The number of carbonyl (C=O) groups excluding carboxylic acids is 3. The van der Waals surface area contributed by atoms with Crippen molar-refractivity contribution in [1.82, 2.24) is 5.32 Å². The Labute approximate surface area is 238 Å². The van der Waals surface area contributed by atoms with Crippen molar-refractivity contribution in [2.75, 3.05) is 12.0 Å². The first-order valence-electron chi connectivity index (χ1n) is 10.7. The molecule has 188 valence electrons. The number of imide groups is 2. The van der Waals surface area contributed by atoms with E-state index >= 15 is 0 Å². The van der Waals surface area contributed by atoms with Crippen molar-refractivity contribution >= 4 is 80.8 Å². The monoisotopic (exact) mass is 724 g/mol. The van der Waals surface area contributed by atoms with E-state index in [1.165, 1.54) is 25.3 Å². The minimum atomic E-state index is -0.997. The molecule has 1 aliphatic rings. The lowest BCUT2D eigenvalue weighted by atomic mass is 10.1. The van der Waals surface area contributed by atoms with Gasteiger partial charge < -0.3 is 14.6 Å². The summed E-state index contributed by atoms with van der Waals surface area (Å²) in [6, 6.07) is 15.4. The second-order valence-electron chi connectivity index (χ2n) is 7.76. The fourth-order valence-electron chi connectivity index (χ4n) is 3.49. The molecular weight excluding hydrogens is 706 g/mol. The Bertz CT molecular complexity index is 1410. The maximum atomic E-state index is 13.1. The molecule has 0 radical (unpaired) electrons. The van der Waals surface area contributed by atoms with Crippen LogP contribution in [0.1, 0.15) is 21.5 Å². The largest absolute Gasteiger partial charge is 0.497 e. The summed E-state index contributed by atoms with van der Waals surface area (Å²) in [7, 11) is 1.50. The van der Waals surface area contributed by atoms with Gasteiger partial charge in [0.2, 0.25) is 0 Å². The standard InChI is InChI=1S/C26H18I2N2O7/c1-36-18-8-6-17(7-9-18)30-24(32)19(23(31)29-26(30)35)10-15-11-20(27)22(21(28)12-15)37-13-14-2-4-16(5-3-14)25(33)34/h2-12H,13H2,1H3,(H,33,34)(H,29,31,35)/b19-10+. The summed E-state index contributed by atoms with van der Waals surface area (Å²) in [4.78, 5) is 50.0. The number of methoxy groups -OCH3 is 1. The van der Waals surface area contributed by atoms with Gasteiger partial charge in [-0.15, -0.1) is 0 Å². The van der Waals surface area contributed by atoms with Crippen LogP contribution >= 0.6 is 45.2 Å². The predicted octanol–water partition coefficient (Wildman–Crippen LogP) is 4.85. The summed E-state index contributed by atoms with van der Waals surface area (Å²) in [6.45, 7) is 0.228. The maximum Gasteiger partial charge on any atom is 0.335 e. The number of barbiturate groups is 1. The fourth-order valence-corrected chi connectivity index (χ4v) is 5.62. The number of hydrogen-bond acceptors (Lipinski definition) is 6. The van der Waals surface area contributed by atoms with Crippen LogP contribution in [0.25, 0.3) is 6.08 Å². The average Bonchev–Trinajstić information content (AvgIpc) is 2.86. The number of carbonyl (C=O) groups is 4. The van der Waals surface area contributed by atoms with E-state index in [2.05, 4.69) is 50.5 Å². The van der Waals surface area contributed by atoms with Gasteiger partial charge in [-0.25, -0.2) is 14.5 Å². The van der Waals surface area contributed by atoms with Crippen molar-refractivity contribution in [2.24, 2.45) is 0 Å². The molecule has 1 aliphatic heterocycles. The molecule has 1 saturated heterocycles. The lowest BCUT2D eigenvalue weighted by Crippen LogP contribution is -2.54. The molecule has 0 atom stereocenters. The molecular formula is C26H18I2N2O7. The predicted molar refractivity (Wildman–Crippen MR) is 152 cm³/mol. The molecule has 1 heterocycles. The lowest BCUT2D eigenvalue weighted by Gasteiger charge is -2.26. The van der Waals surface area contributed by atoms with Crippen LogP contribution in [0.2, 0.25) is 0 Å². The van der Waals surface area contributed by atoms with Gasteiger partial charge in [0.25, 0.3) is 11.8 Å². The van der Waals surface area contributed by atoms with Crippen LogP contribution in [-0.4, -0.2) is 36.0 Å². The Hall–Kier alpha value is -3.46. The normalized spacial score (nSPS) is 14.5. The molecule has 0 spiro atoms. The first-order valence-corrected chi connectivity index (χ1v) is 12.8. The average molecular weight is 724 g/mol. The molecule has 3 aromatic rings. The molecule has 1 fully saturated rings. The quantitative estimate of drug-likeness (QED) is 0.203. The number of carboxylic acid groups (broad SMARTS) is 1. The summed E-state index contributed by atoms with van der Waals surface area (Å²) in [5, 5.41) is 11.2. The third-order valence-corrected chi connectivity index (χ3v) is 6.95. The highest BCUT2D eigenvalue weighted by atomic mass is 127. The van der Waals surface area contributed by atoms with Gasteiger partial charge in [0, 0.05) is 0 Å². The van der Waals surface area contributed by atoms with E-state index in [-0.39, 0.29) is 17.7 Å². The third kappa shape index (κ3) is 5.93. The molecule has 2 N–H and O–H groups in total. The van der Waals surface area contributed by atoms with E-state index in [0.29, 0.717) is 22.7 Å². The van der Waals surface area contributed by atoms with E-state index in [0.717, 1.165) is 17.6 Å². The van der Waals surface area contributed by atoms with Crippen molar-refractivity contribution in [1.29, 1.82) is 0 Å². The van der Waals surface area contributed by atoms with Gasteiger partial charge in [0.1, 0.15) is 23.7 Å². The van der Waals surface area contributed by atoms with Gasteiger partial charge in [0.05, 0.1) is 25.5 Å². The zero-order chi connectivity index (χ0) is 26.7. The van der Waals surface area contributed by atoms with E-state index < -0.39 is 23.8 Å². The highest BCUT2D eigenvalue weighted by molar-refractivity contribution is 14.1. The number of anilines is 1. The van der Waals surface area contributed by atoms with Gasteiger partial charge in [-0.3, -0.25) is 14.9 Å². The number of ether oxygens (including phenoxy) is 2. The second-order valence-corrected chi connectivity index (χ2v) is 10.1. The van der Waals surface area contributed by atoms with Crippen molar-refractivity contribution in [3.8, 4) is 11.5 Å². The zero-order valence-electron chi connectivity index (χ0n) is 19.2. The summed E-state index contributed by atoms with van der Waals surface area (Å²) in [6.07, 6.45) is 1.43. The molecule has 37 heavy (non-hydrogen) atoms. The van der Waals surface area contributed by atoms with E-state index in [4.69, 9.17) is 14.6 Å². The number of halogens is 2. The number of nitrogens with zero attached hydrogens (tertiary/aromatic N) is 1. The molecule has 0 aliphatic carbocycles. The number of hydrogen-bond donors (Lipinski definition) is 2. The zero-order valence-corrected chi connectivity index (χ0v) is 23.5. The lowest BCUT2D eigenvalue weighted by molar-refractivity contribution is -0.122. The third-order valence-electron chi connectivity index (χ3n) is 5.35. The number of aromatic carboxylic acids is 1. The maximum absolute atomic E-state index is 13.1. The Balaban J connectivity index is 1.56. The summed E-state index contributed by atoms with van der Waals surface area (Å²) >= 11 is 4.20.